The van der Waals surface area contributed by atoms with Crippen LogP contribution in [0.25, 0.3) is 0 Å². The molecule has 0 aromatic carbocycles. The minimum absolute atomic E-state index is 0.132. The Balaban J connectivity index is 2.36. The molecular formula is C4H8N2O2. The summed E-state index contributed by atoms with van der Waals surface area (Å²) in [6, 6.07) is -0.324. The van der Waals surface area contributed by atoms with Gasteiger partial charge >= 0.3 is 0 Å². The molecule has 1 amide bonds. The van der Waals surface area contributed by atoms with Gasteiger partial charge in [-0.15, -0.1) is 0 Å². The molecule has 1 rings (SSSR count). The molecule has 1 saturated heterocycles. The standard InChI is InChI=1S/C4H8N2O2/c1-8-6-2-3(5)4(6)7/h3H,2,5H2,1H3. The first-order chi connectivity index (χ1) is 3.75. The van der Waals surface area contributed by atoms with Gasteiger partial charge in [0, 0.05) is 0 Å². The van der Waals surface area contributed by atoms with Crippen LogP contribution < -0.4 is 5.73 Å². The zero-order valence-electron chi connectivity index (χ0n) is 4.63. The van der Waals surface area contributed by atoms with Crippen molar-refractivity contribution in [2.45, 2.75) is 6.04 Å². The highest BCUT2D eigenvalue weighted by Gasteiger charge is 2.33. The summed E-state index contributed by atoms with van der Waals surface area (Å²) in [7, 11) is 1.45. The number of hydrogen-bond donors (Lipinski definition) is 1. The second-order valence-corrected chi connectivity index (χ2v) is 1.69. The first-order valence-corrected chi connectivity index (χ1v) is 2.37. The Morgan fingerprint density at radius 2 is 2.62 bits per heavy atom. The van der Waals surface area contributed by atoms with E-state index in [0.29, 0.717) is 6.54 Å². The highest BCUT2D eigenvalue weighted by Crippen LogP contribution is 2.05. The van der Waals surface area contributed by atoms with Gasteiger partial charge in [0.05, 0.1) is 13.7 Å². The van der Waals surface area contributed by atoms with Crippen molar-refractivity contribution < 1.29 is 9.63 Å². The van der Waals surface area contributed by atoms with E-state index >= 15 is 0 Å². The lowest BCUT2D eigenvalue weighted by molar-refractivity contribution is -0.200. The maximum absolute atomic E-state index is 10.5. The molecule has 1 fully saturated rings. The maximum Gasteiger partial charge on any atom is 0.265 e. The van der Waals surface area contributed by atoms with E-state index in [1.54, 1.807) is 0 Å². The highest BCUT2D eigenvalue weighted by molar-refractivity contribution is 5.86. The lowest BCUT2D eigenvalue weighted by atomic mass is 10.2. The van der Waals surface area contributed by atoms with Crippen molar-refractivity contribution in [1.82, 2.24) is 5.06 Å². The van der Waals surface area contributed by atoms with Crippen LogP contribution in [0.15, 0.2) is 0 Å². The fourth-order valence-corrected chi connectivity index (χ4v) is 0.584. The largest absolute Gasteiger partial charge is 0.318 e. The summed E-state index contributed by atoms with van der Waals surface area (Å²) in [5, 5.41) is 1.23. The summed E-state index contributed by atoms with van der Waals surface area (Å²) in [5.41, 5.74) is 5.22. The Bertz CT molecular complexity index is 115. The predicted octanol–water partition coefficient (Wildman–Crippen LogP) is -1.28. The number of rotatable bonds is 1. The zero-order valence-corrected chi connectivity index (χ0v) is 4.63. The Labute approximate surface area is 47.2 Å². The maximum atomic E-state index is 10.5. The molecule has 46 valence electrons. The number of hydroxylamine groups is 2. The molecule has 0 aromatic heterocycles. The van der Waals surface area contributed by atoms with Crippen molar-refractivity contribution in [1.29, 1.82) is 0 Å². The van der Waals surface area contributed by atoms with Crippen LogP contribution >= 0.6 is 0 Å². The fourth-order valence-electron chi connectivity index (χ4n) is 0.584. The molecular weight excluding hydrogens is 108 g/mol. The van der Waals surface area contributed by atoms with Gasteiger partial charge in [0.25, 0.3) is 5.91 Å². The Morgan fingerprint density at radius 3 is 2.75 bits per heavy atom. The van der Waals surface area contributed by atoms with E-state index in [4.69, 9.17) is 5.73 Å². The predicted molar refractivity (Wildman–Crippen MR) is 26.7 cm³/mol. The molecule has 8 heavy (non-hydrogen) atoms. The molecule has 1 heterocycles. The second-order valence-electron chi connectivity index (χ2n) is 1.69. The van der Waals surface area contributed by atoms with Crippen LogP contribution in [0.5, 0.6) is 0 Å². The Morgan fingerprint density at radius 1 is 2.00 bits per heavy atom. The third-order valence-electron chi connectivity index (χ3n) is 1.15. The number of amides is 1. The van der Waals surface area contributed by atoms with E-state index in [0.717, 1.165) is 0 Å². The van der Waals surface area contributed by atoms with Crippen LogP contribution in [-0.2, 0) is 9.63 Å². The van der Waals surface area contributed by atoms with Crippen molar-refractivity contribution >= 4 is 5.91 Å². The van der Waals surface area contributed by atoms with Crippen molar-refractivity contribution in [3.8, 4) is 0 Å². The normalized spacial score (nSPS) is 28.0. The molecule has 0 radical (unpaired) electrons. The average Bonchev–Trinajstić information content (AvgIpc) is 1.81. The second kappa shape index (κ2) is 1.72. The van der Waals surface area contributed by atoms with Crippen LogP contribution in [0, 0.1) is 0 Å². The molecule has 0 aliphatic carbocycles. The van der Waals surface area contributed by atoms with Gasteiger partial charge in [-0.05, 0) is 0 Å². The Hall–Kier alpha value is -0.610. The molecule has 1 aliphatic heterocycles. The van der Waals surface area contributed by atoms with Gasteiger partial charge in [0.15, 0.2) is 0 Å². The van der Waals surface area contributed by atoms with E-state index in [2.05, 4.69) is 4.84 Å². The molecule has 0 spiro atoms. The zero-order chi connectivity index (χ0) is 6.15. The topological polar surface area (TPSA) is 55.6 Å². The van der Waals surface area contributed by atoms with Gasteiger partial charge in [0.1, 0.15) is 6.04 Å². The van der Waals surface area contributed by atoms with Gasteiger partial charge in [-0.2, -0.15) is 0 Å². The monoisotopic (exact) mass is 116 g/mol. The molecule has 1 unspecified atom stereocenters. The quantitative estimate of drug-likeness (QED) is 0.434. The molecule has 2 N–H and O–H groups in total. The molecule has 1 aliphatic rings. The molecule has 4 heteroatoms. The summed E-state index contributed by atoms with van der Waals surface area (Å²) in [6.45, 7) is 0.523. The number of nitrogens with zero attached hydrogens (tertiary/aromatic N) is 1. The van der Waals surface area contributed by atoms with Gasteiger partial charge < -0.3 is 5.73 Å². The van der Waals surface area contributed by atoms with Crippen LogP contribution in [0.2, 0.25) is 0 Å². The van der Waals surface area contributed by atoms with Crippen LogP contribution in [0.3, 0.4) is 0 Å². The van der Waals surface area contributed by atoms with Gasteiger partial charge in [0.2, 0.25) is 0 Å². The average molecular weight is 116 g/mol. The first kappa shape index (κ1) is 5.53. The van der Waals surface area contributed by atoms with Gasteiger partial charge in [-0.25, -0.2) is 5.06 Å². The lowest BCUT2D eigenvalue weighted by Crippen LogP contribution is -2.60. The number of hydrogen-bond acceptors (Lipinski definition) is 3. The molecule has 0 aromatic rings. The van der Waals surface area contributed by atoms with Gasteiger partial charge in [-0.1, -0.05) is 0 Å². The van der Waals surface area contributed by atoms with Crippen LogP contribution in [0.4, 0.5) is 0 Å². The van der Waals surface area contributed by atoms with Crippen LogP contribution in [0.1, 0.15) is 0 Å². The summed E-state index contributed by atoms with van der Waals surface area (Å²) >= 11 is 0. The summed E-state index contributed by atoms with van der Waals surface area (Å²) in [6.07, 6.45) is 0. The van der Waals surface area contributed by atoms with Gasteiger partial charge in [-0.3, -0.25) is 9.63 Å². The summed E-state index contributed by atoms with van der Waals surface area (Å²) < 4.78 is 0. The number of β-lactam (4-membered cyclic amide) rings is 1. The number of nitrogens with two attached hydrogens (primary N) is 1. The van der Waals surface area contributed by atoms with E-state index in [9.17, 15) is 4.79 Å². The molecule has 1 atom stereocenters. The van der Waals surface area contributed by atoms with E-state index < -0.39 is 0 Å². The highest BCUT2D eigenvalue weighted by atomic mass is 16.7. The van der Waals surface area contributed by atoms with Crippen molar-refractivity contribution in [3.05, 3.63) is 0 Å². The summed E-state index contributed by atoms with van der Waals surface area (Å²) in [4.78, 5) is 15.0. The first-order valence-electron chi connectivity index (χ1n) is 2.37. The minimum Gasteiger partial charge on any atom is -0.318 e. The van der Waals surface area contributed by atoms with E-state index in [-0.39, 0.29) is 11.9 Å². The minimum atomic E-state index is -0.324. The van der Waals surface area contributed by atoms with Crippen molar-refractivity contribution in [2.75, 3.05) is 13.7 Å². The lowest BCUT2D eigenvalue weighted by Gasteiger charge is -2.32. The van der Waals surface area contributed by atoms with Crippen molar-refractivity contribution in [2.24, 2.45) is 5.73 Å². The van der Waals surface area contributed by atoms with E-state index in [1.807, 2.05) is 0 Å². The van der Waals surface area contributed by atoms with Crippen LogP contribution in [-0.4, -0.2) is 30.7 Å². The van der Waals surface area contributed by atoms with E-state index in [1.165, 1.54) is 12.2 Å². The SMILES string of the molecule is CON1CC(N)C1=O. The number of carbonyl (C=O) groups excluding carboxylic acids is 1. The molecule has 0 saturated carbocycles. The third kappa shape index (κ3) is 0.579. The van der Waals surface area contributed by atoms with Crippen molar-refractivity contribution in [3.63, 3.8) is 0 Å². The number of carbonyl (C=O) groups is 1. The smallest absolute Gasteiger partial charge is 0.265 e. The molecule has 4 nitrogen and oxygen atoms in total. The molecule has 0 bridgehead atoms. The Kier molecular flexibility index (Phi) is 1.19. The summed E-state index contributed by atoms with van der Waals surface area (Å²) in [5.74, 6) is -0.132. The fraction of sp³-hybridized carbons (Fsp3) is 0.750. The third-order valence-corrected chi connectivity index (χ3v) is 1.15.